The van der Waals surface area contributed by atoms with E-state index in [0.29, 0.717) is 39.6 Å². The van der Waals surface area contributed by atoms with E-state index in [2.05, 4.69) is 31.9 Å². The van der Waals surface area contributed by atoms with E-state index >= 15 is 0 Å². The number of carbonyl (C=O) groups is 1. The summed E-state index contributed by atoms with van der Waals surface area (Å²) in [5, 5.41) is 1.79. The molecule has 0 unspecified atom stereocenters. The summed E-state index contributed by atoms with van der Waals surface area (Å²) in [7, 11) is 0. The first-order chi connectivity index (χ1) is 13.9. The number of hydrogen-bond donors (Lipinski definition) is 1. The van der Waals surface area contributed by atoms with Crippen molar-refractivity contribution in [1.82, 2.24) is 4.98 Å². The average molecular weight is 559 g/mol. The Kier molecular flexibility index (Phi) is 6.19. The van der Waals surface area contributed by atoms with Gasteiger partial charge in [0.2, 0.25) is 0 Å². The van der Waals surface area contributed by atoms with Crippen LogP contribution in [0.25, 0.3) is 22.0 Å². The number of nitrogens with two attached hydrogens (primary N) is 1. The van der Waals surface area contributed by atoms with Crippen LogP contribution in [0.1, 0.15) is 34.8 Å². The van der Waals surface area contributed by atoms with Crippen LogP contribution in [0.4, 0.5) is 5.69 Å². The van der Waals surface area contributed by atoms with Gasteiger partial charge in [0, 0.05) is 50.2 Å². The lowest BCUT2D eigenvalue weighted by molar-refractivity contribution is 0.0847. The van der Waals surface area contributed by atoms with Gasteiger partial charge >= 0.3 is 0 Å². The number of nitrogen functional groups attached to an aromatic ring is 1. The van der Waals surface area contributed by atoms with Gasteiger partial charge in [0.15, 0.2) is 6.29 Å². The maximum atomic E-state index is 11.3. The topological polar surface area (TPSA) is 65.2 Å². The van der Waals surface area contributed by atoms with Gasteiger partial charge in [-0.3, -0.25) is 9.78 Å². The molecule has 2 heterocycles. The van der Waals surface area contributed by atoms with Crippen LogP contribution in [0.5, 0.6) is 0 Å². The highest BCUT2D eigenvalue weighted by Gasteiger charge is 2.26. The Labute approximate surface area is 195 Å². The van der Waals surface area contributed by atoms with Gasteiger partial charge < -0.3 is 10.5 Å². The summed E-state index contributed by atoms with van der Waals surface area (Å²) in [5.74, 6) is 0.206. The normalized spacial score (nSPS) is 15.0. The summed E-state index contributed by atoms with van der Waals surface area (Å²) in [4.78, 5) is 16.3. The summed E-state index contributed by atoms with van der Waals surface area (Å²) >= 11 is 20.2. The lowest BCUT2D eigenvalue weighted by Gasteiger charge is -2.25. The van der Waals surface area contributed by atoms with Gasteiger partial charge in [-0.25, -0.2) is 0 Å². The number of rotatable bonds is 3. The van der Waals surface area contributed by atoms with Crippen LogP contribution in [0, 0.1) is 0 Å². The molecule has 150 valence electrons. The number of ether oxygens (including phenoxy) is 1. The largest absolute Gasteiger partial charge is 0.397 e. The smallest absolute Gasteiger partial charge is 0.152 e. The Hall–Kier alpha value is -1.18. The van der Waals surface area contributed by atoms with Crippen molar-refractivity contribution in [2.45, 2.75) is 18.8 Å². The van der Waals surface area contributed by atoms with Gasteiger partial charge in [-0.15, -0.1) is 0 Å². The van der Waals surface area contributed by atoms with Crippen LogP contribution in [0.15, 0.2) is 33.2 Å². The van der Waals surface area contributed by atoms with E-state index in [4.69, 9.17) is 38.7 Å². The Balaban J connectivity index is 2.05. The fourth-order valence-corrected chi connectivity index (χ4v) is 5.67. The molecule has 3 aromatic rings. The predicted octanol–water partition coefficient (Wildman–Crippen LogP) is 7.02. The van der Waals surface area contributed by atoms with Gasteiger partial charge in [-0.2, -0.15) is 0 Å². The molecule has 0 aliphatic carbocycles. The Morgan fingerprint density at radius 3 is 2.55 bits per heavy atom. The number of nitrogens with zero attached hydrogens (tertiary/aromatic N) is 1. The van der Waals surface area contributed by atoms with Crippen LogP contribution in [-0.4, -0.2) is 24.5 Å². The minimum absolute atomic E-state index is 0.206. The van der Waals surface area contributed by atoms with E-state index in [1.165, 1.54) is 0 Å². The van der Waals surface area contributed by atoms with Gasteiger partial charge in [0.05, 0.1) is 26.9 Å². The molecule has 8 heteroatoms. The first kappa shape index (κ1) is 21.1. The average Bonchev–Trinajstić information content (AvgIpc) is 2.71. The summed E-state index contributed by atoms with van der Waals surface area (Å²) in [6, 6.07) is 7.53. The number of aldehydes is 1. The number of anilines is 1. The summed E-state index contributed by atoms with van der Waals surface area (Å²) in [6.07, 6.45) is 2.41. The van der Waals surface area contributed by atoms with E-state index in [1.807, 2.05) is 18.2 Å². The second-order valence-corrected chi connectivity index (χ2v) is 9.49. The van der Waals surface area contributed by atoms with Gasteiger partial charge in [-0.05, 0) is 37.1 Å². The standard InChI is InChI=1S/C21H16Br2Cl2N2O2/c22-13-5-11-6-14(17-15(23)7-12(9-28)19(26)18(17)25)20(10-1-3-29-4-2-10)27-21(11)16(24)8-13/h5-10H,1-4,26H2. The van der Waals surface area contributed by atoms with Gasteiger partial charge in [0.1, 0.15) is 0 Å². The molecule has 1 aliphatic heterocycles. The molecule has 2 aromatic carbocycles. The molecule has 0 bridgehead atoms. The molecular formula is C21H16Br2Cl2N2O2. The molecule has 1 saturated heterocycles. The maximum Gasteiger partial charge on any atom is 0.152 e. The number of benzene rings is 2. The van der Waals surface area contributed by atoms with Gasteiger partial charge in [0.25, 0.3) is 0 Å². The molecule has 2 N–H and O–H groups in total. The molecule has 1 aromatic heterocycles. The second-order valence-electron chi connectivity index (χ2n) is 6.94. The van der Waals surface area contributed by atoms with Crippen molar-refractivity contribution < 1.29 is 9.53 Å². The van der Waals surface area contributed by atoms with E-state index in [9.17, 15) is 4.79 Å². The summed E-state index contributed by atoms with van der Waals surface area (Å²) < 4.78 is 7.09. The minimum atomic E-state index is 0.206. The monoisotopic (exact) mass is 556 g/mol. The fourth-order valence-electron chi connectivity index (χ4n) is 3.70. The van der Waals surface area contributed by atoms with Crippen LogP contribution in [-0.2, 0) is 4.74 Å². The van der Waals surface area contributed by atoms with Gasteiger partial charge in [-0.1, -0.05) is 55.1 Å². The maximum absolute atomic E-state index is 11.3. The predicted molar refractivity (Wildman–Crippen MR) is 125 cm³/mol. The molecule has 0 amide bonds. The molecule has 1 aliphatic rings. The number of pyridine rings is 1. The molecule has 0 spiro atoms. The Morgan fingerprint density at radius 1 is 1.14 bits per heavy atom. The lowest BCUT2D eigenvalue weighted by atomic mass is 9.88. The number of aromatic nitrogens is 1. The van der Waals surface area contributed by atoms with E-state index in [1.54, 1.807) is 6.07 Å². The van der Waals surface area contributed by atoms with Crippen LogP contribution in [0.2, 0.25) is 10.0 Å². The number of halogens is 4. The zero-order valence-corrected chi connectivity index (χ0v) is 19.8. The third-order valence-electron chi connectivity index (χ3n) is 5.16. The van der Waals surface area contributed by atoms with Crippen LogP contribution in [0.3, 0.4) is 0 Å². The quantitative estimate of drug-likeness (QED) is 0.277. The zero-order chi connectivity index (χ0) is 20.7. The molecule has 4 nitrogen and oxygen atoms in total. The first-order valence-electron chi connectivity index (χ1n) is 9.01. The van der Waals surface area contributed by atoms with E-state index < -0.39 is 0 Å². The summed E-state index contributed by atoms with van der Waals surface area (Å²) in [6.45, 7) is 1.36. The SMILES string of the molecule is Nc1c(C=O)cc(Br)c(-c2cc3cc(Br)cc(Cl)c3nc2C2CCOCC2)c1Cl. The fraction of sp³-hybridized carbons (Fsp3) is 0.238. The van der Waals surface area contributed by atoms with Crippen molar-refractivity contribution in [1.29, 1.82) is 0 Å². The Morgan fingerprint density at radius 2 is 1.86 bits per heavy atom. The van der Waals surface area contributed by atoms with Crippen LogP contribution >= 0.6 is 55.1 Å². The Bertz CT molecular complexity index is 1130. The highest BCUT2D eigenvalue weighted by atomic mass is 79.9. The third kappa shape index (κ3) is 3.93. The van der Waals surface area contributed by atoms with Crippen molar-refractivity contribution in [3.63, 3.8) is 0 Å². The molecule has 4 rings (SSSR count). The highest BCUT2D eigenvalue weighted by molar-refractivity contribution is 9.10. The van der Waals surface area contributed by atoms with Crippen LogP contribution < -0.4 is 5.73 Å². The lowest BCUT2D eigenvalue weighted by Crippen LogP contribution is -2.16. The van der Waals surface area contributed by atoms with Crippen molar-refractivity contribution >= 4 is 77.9 Å². The molecular weight excluding hydrogens is 543 g/mol. The minimum Gasteiger partial charge on any atom is -0.397 e. The second kappa shape index (κ2) is 8.52. The van der Waals surface area contributed by atoms with Crippen molar-refractivity contribution in [2.24, 2.45) is 0 Å². The molecule has 0 saturated carbocycles. The molecule has 29 heavy (non-hydrogen) atoms. The van der Waals surface area contributed by atoms with Crippen molar-refractivity contribution in [3.8, 4) is 11.1 Å². The molecule has 1 fully saturated rings. The zero-order valence-electron chi connectivity index (χ0n) is 15.1. The molecule has 0 radical (unpaired) electrons. The first-order valence-corrected chi connectivity index (χ1v) is 11.4. The highest BCUT2D eigenvalue weighted by Crippen LogP contribution is 2.45. The number of hydrogen-bond acceptors (Lipinski definition) is 4. The number of fused-ring (bicyclic) bond motifs is 1. The van der Waals surface area contributed by atoms with Crippen molar-refractivity contribution in [2.75, 3.05) is 18.9 Å². The van der Waals surface area contributed by atoms with Crippen molar-refractivity contribution in [3.05, 3.63) is 54.5 Å². The third-order valence-corrected chi connectivity index (χ3v) is 6.92. The molecule has 0 atom stereocenters. The van der Waals surface area contributed by atoms with E-state index in [-0.39, 0.29) is 11.6 Å². The summed E-state index contributed by atoms with van der Waals surface area (Å²) in [5.41, 5.74) is 9.98. The van der Waals surface area contributed by atoms with E-state index in [0.717, 1.165) is 45.0 Å². The number of carbonyl (C=O) groups excluding carboxylic acids is 1.